The van der Waals surface area contributed by atoms with Crippen LogP contribution in [0.5, 0.6) is 0 Å². The van der Waals surface area contributed by atoms with Crippen LogP contribution in [0.25, 0.3) is 0 Å². The number of nitrogens with zero attached hydrogens (tertiary/aromatic N) is 2. The number of thiol groups is 1. The van der Waals surface area contributed by atoms with Crippen LogP contribution in [0.1, 0.15) is 22.3 Å². The highest BCUT2D eigenvalue weighted by Gasteiger charge is 2.43. The standard InChI is InChI=1S/C22H25N3O6S2/c1-24(13-20(26)23-17-9-7-16(8-10-17)22(28)29)21(27)19-11-18(32)12-25(19)33(30,31)14-15-5-3-2-4-6-15/h2-10,18-19,32H,11-14H2,1H3,(H,23,26)(H,28,29)/t18-,19-/m0/s1. The Hall–Kier alpha value is -2.89. The number of likely N-dealkylation sites (N-methyl/N-ethyl adjacent to an activating group) is 1. The third-order valence-corrected chi connectivity index (χ3v) is 7.43. The van der Waals surface area contributed by atoms with E-state index in [0.29, 0.717) is 11.3 Å². The van der Waals surface area contributed by atoms with Crippen LogP contribution in [0.15, 0.2) is 54.6 Å². The predicted molar refractivity (Wildman–Crippen MR) is 127 cm³/mol. The van der Waals surface area contributed by atoms with Crippen molar-refractivity contribution in [3.63, 3.8) is 0 Å². The average molecular weight is 492 g/mol. The van der Waals surface area contributed by atoms with E-state index in [2.05, 4.69) is 17.9 Å². The van der Waals surface area contributed by atoms with Gasteiger partial charge in [-0.2, -0.15) is 16.9 Å². The van der Waals surface area contributed by atoms with Crippen molar-refractivity contribution in [1.29, 1.82) is 0 Å². The zero-order valence-corrected chi connectivity index (χ0v) is 19.6. The summed E-state index contributed by atoms with van der Waals surface area (Å²) in [7, 11) is -2.34. The van der Waals surface area contributed by atoms with E-state index in [0.717, 1.165) is 0 Å². The zero-order valence-electron chi connectivity index (χ0n) is 17.9. The fourth-order valence-corrected chi connectivity index (χ4v) is 5.86. The molecule has 1 aliphatic rings. The van der Waals surface area contributed by atoms with Crippen LogP contribution in [0.2, 0.25) is 0 Å². The molecule has 0 aromatic heterocycles. The molecule has 0 spiro atoms. The Kier molecular flexibility index (Phi) is 7.77. The molecule has 0 saturated carbocycles. The van der Waals surface area contributed by atoms with Crippen LogP contribution in [-0.2, 0) is 25.4 Å². The Bertz CT molecular complexity index is 1120. The van der Waals surface area contributed by atoms with Crippen molar-refractivity contribution in [3.05, 3.63) is 65.7 Å². The molecule has 9 nitrogen and oxygen atoms in total. The molecule has 33 heavy (non-hydrogen) atoms. The van der Waals surface area contributed by atoms with Gasteiger partial charge in [-0.1, -0.05) is 30.3 Å². The number of rotatable bonds is 8. The fraction of sp³-hybridized carbons (Fsp3) is 0.318. The largest absolute Gasteiger partial charge is 0.478 e. The van der Waals surface area contributed by atoms with E-state index in [1.165, 1.54) is 40.5 Å². The topological polar surface area (TPSA) is 124 Å². The van der Waals surface area contributed by atoms with Crippen molar-refractivity contribution >= 4 is 46.1 Å². The number of sulfonamides is 1. The molecule has 1 fully saturated rings. The average Bonchev–Trinajstić information content (AvgIpc) is 3.16. The lowest BCUT2D eigenvalue weighted by Gasteiger charge is -2.27. The summed E-state index contributed by atoms with van der Waals surface area (Å²) in [4.78, 5) is 37.5. The summed E-state index contributed by atoms with van der Waals surface area (Å²) < 4.78 is 27.2. The van der Waals surface area contributed by atoms with Crippen molar-refractivity contribution in [2.75, 3.05) is 25.5 Å². The first-order valence-electron chi connectivity index (χ1n) is 10.2. The number of amides is 2. The van der Waals surface area contributed by atoms with Gasteiger partial charge in [0.15, 0.2) is 0 Å². The number of anilines is 1. The molecule has 1 saturated heterocycles. The fourth-order valence-electron chi connectivity index (χ4n) is 3.63. The van der Waals surface area contributed by atoms with Gasteiger partial charge in [0, 0.05) is 24.5 Å². The van der Waals surface area contributed by atoms with Crippen molar-refractivity contribution in [2.24, 2.45) is 0 Å². The summed E-state index contributed by atoms with van der Waals surface area (Å²) in [5, 5.41) is 11.2. The van der Waals surface area contributed by atoms with Gasteiger partial charge in [-0.25, -0.2) is 13.2 Å². The minimum atomic E-state index is -3.77. The Morgan fingerprint density at radius 2 is 1.76 bits per heavy atom. The summed E-state index contributed by atoms with van der Waals surface area (Å²) in [5.74, 6) is -2.29. The lowest BCUT2D eigenvalue weighted by Crippen LogP contribution is -2.48. The van der Waals surface area contributed by atoms with Crippen LogP contribution in [0, 0.1) is 0 Å². The molecule has 3 rings (SSSR count). The molecule has 0 radical (unpaired) electrons. The number of carboxylic acids is 1. The quantitative estimate of drug-likeness (QED) is 0.483. The number of benzene rings is 2. The van der Waals surface area contributed by atoms with E-state index in [1.54, 1.807) is 30.3 Å². The van der Waals surface area contributed by atoms with Crippen molar-refractivity contribution in [2.45, 2.75) is 23.5 Å². The van der Waals surface area contributed by atoms with E-state index in [-0.39, 0.29) is 36.1 Å². The molecule has 2 aromatic rings. The first-order valence-corrected chi connectivity index (χ1v) is 12.3. The van der Waals surface area contributed by atoms with Crippen LogP contribution >= 0.6 is 12.6 Å². The second-order valence-electron chi connectivity index (χ2n) is 7.84. The number of aromatic carboxylic acids is 1. The predicted octanol–water partition coefficient (Wildman–Crippen LogP) is 1.68. The van der Waals surface area contributed by atoms with Gasteiger partial charge in [0.05, 0.1) is 17.9 Å². The van der Waals surface area contributed by atoms with Crippen molar-refractivity contribution < 1.29 is 27.9 Å². The summed E-state index contributed by atoms with van der Waals surface area (Å²) in [6, 6.07) is 13.4. The molecule has 176 valence electrons. The van der Waals surface area contributed by atoms with Crippen LogP contribution in [0.3, 0.4) is 0 Å². The number of carboxylic acid groups (broad SMARTS) is 1. The molecular formula is C22H25N3O6S2. The van der Waals surface area contributed by atoms with Gasteiger partial charge in [-0.05, 0) is 36.2 Å². The number of carbonyl (C=O) groups excluding carboxylic acids is 2. The van der Waals surface area contributed by atoms with Gasteiger partial charge >= 0.3 is 5.97 Å². The Morgan fingerprint density at radius 3 is 2.36 bits per heavy atom. The number of carbonyl (C=O) groups is 3. The molecule has 1 aliphatic heterocycles. The smallest absolute Gasteiger partial charge is 0.335 e. The Balaban J connectivity index is 1.65. The molecule has 0 bridgehead atoms. The maximum atomic E-state index is 13.0. The molecular weight excluding hydrogens is 466 g/mol. The number of nitrogens with one attached hydrogen (secondary N) is 1. The summed E-state index contributed by atoms with van der Waals surface area (Å²) in [5.41, 5.74) is 1.09. The molecule has 1 heterocycles. The van der Waals surface area contributed by atoms with E-state index in [1.807, 2.05) is 0 Å². The van der Waals surface area contributed by atoms with Gasteiger partial charge in [-0.15, -0.1) is 0 Å². The normalized spacial score (nSPS) is 18.6. The Labute approximate surface area is 197 Å². The van der Waals surface area contributed by atoms with E-state index < -0.39 is 33.8 Å². The lowest BCUT2D eigenvalue weighted by atomic mass is 10.2. The maximum absolute atomic E-state index is 13.0. The van der Waals surface area contributed by atoms with Crippen LogP contribution < -0.4 is 5.32 Å². The molecule has 2 atom stereocenters. The van der Waals surface area contributed by atoms with Gasteiger partial charge < -0.3 is 15.3 Å². The van der Waals surface area contributed by atoms with Crippen LogP contribution in [0.4, 0.5) is 5.69 Å². The molecule has 2 amide bonds. The van der Waals surface area contributed by atoms with Gasteiger partial charge in [0.25, 0.3) is 0 Å². The number of hydrogen-bond acceptors (Lipinski definition) is 6. The first-order chi connectivity index (χ1) is 15.6. The molecule has 11 heteroatoms. The van der Waals surface area contributed by atoms with Gasteiger partial charge in [0.1, 0.15) is 6.04 Å². The highest BCUT2D eigenvalue weighted by Crippen LogP contribution is 2.28. The zero-order chi connectivity index (χ0) is 24.2. The highest BCUT2D eigenvalue weighted by atomic mass is 32.2. The highest BCUT2D eigenvalue weighted by molar-refractivity contribution is 7.88. The van der Waals surface area contributed by atoms with E-state index in [9.17, 15) is 22.8 Å². The number of hydrogen-bond donors (Lipinski definition) is 3. The molecule has 2 N–H and O–H groups in total. The monoisotopic (exact) mass is 491 g/mol. The summed E-state index contributed by atoms with van der Waals surface area (Å²) >= 11 is 4.39. The van der Waals surface area contributed by atoms with Crippen LogP contribution in [-0.4, -0.2) is 71.9 Å². The summed E-state index contributed by atoms with van der Waals surface area (Å²) in [6.45, 7) is -0.176. The summed E-state index contributed by atoms with van der Waals surface area (Å²) in [6.07, 6.45) is 0.249. The van der Waals surface area contributed by atoms with E-state index in [4.69, 9.17) is 5.11 Å². The minimum Gasteiger partial charge on any atom is -0.478 e. The molecule has 2 aromatic carbocycles. The SMILES string of the molecule is CN(CC(=O)Nc1ccc(C(=O)O)cc1)C(=O)[C@@H]1C[C@H](S)CN1S(=O)(=O)Cc1ccccc1. The third kappa shape index (κ3) is 6.34. The third-order valence-electron chi connectivity index (χ3n) is 5.24. The second-order valence-corrected chi connectivity index (χ2v) is 10.5. The van der Waals surface area contributed by atoms with E-state index >= 15 is 0 Å². The second kappa shape index (κ2) is 10.4. The van der Waals surface area contributed by atoms with Gasteiger partial charge in [0.2, 0.25) is 21.8 Å². The minimum absolute atomic E-state index is 0.0830. The van der Waals surface area contributed by atoms with Crippen molar-refractivity contribution in [3.8, 4) is 0 Å². The first kappa shape index (κ1) is 24.7. The van der Waals surface area contributed by atoms with Gasteiger partial charge in [-0.3, -0.25) is 9.59 Å². The molecule has 0 aliphatic carbocycles. The lowest BCUT2D eigenvalue weighted by molar-refractivity contribution is -0.136. The maximum Gasteiger partial charge on any atom is 0.335 e. The molecule has 0 unspecified atom stereocenters. The Morgan fingerprint density at radius 1 is 1.12 bits per heavy atom. The van der Waals surface area contributed by atoms with Crippen molar-refractivity contribution in [1.82, 2.24) is 9.21 Å².